The largest absolute Gasteiger partial charge is 0.496 e. The molecule has 3 atom stereocenters. The smallest absolute Gasteiger partial charge is 0.336 e. The first kappa shape index (κ1) is 32.3. The number of rotatable bonds is 11. The normalized spacial score (nSPS) is 19.2. The molecule has 9 heteroatoms. The topological polar surface area (TPSA) is 109 Å². The molecule has 46 heavy (non-hydrogen) atoms. The molecule has 0 saturated heterocycles. The number of ether oxygens (including phenoxy) is 5. The summed E-state index contributed by atoms with van der Waals surface area (Å²) < 4.78 is 28.4. The Morgan fingerprint density at radius 2 is 1.54 bits per heavy atom. The summed E-state index contributed by atoms with van der Waals surface area (Å²) >= 11 is 0. The summed E-state index contributed by atoms with van der Waals surface area (Å²) in [6.45, 7) is 5.82. The van der Waals surface area contributed by atoms with Gasteiger partial charge in [0.25, 0.3) is 0 Å². The summed E-state index contributed by atoms with van der Waals surface area (Å²) in [6.07, 6.45) is 0.310. The number of Topliss-reactive ketones (excluding diaryl/α,β-unsaturated/α-hetero) is 1. The lowest BCUT2D eigenvalue weighted by Crippen LogP contribution is -2.43. The molecular weight excluding hydrogens is 586 g/mol. The van der Waals surface area contributed by atoms with E-state index in [0.717, 1.165) is 11.1 Å². The third-order valence-electron chi connectivity index (χ3n) is 8.35. The van der Waals surface area contributed by atoms with Crippen molar-refractivity contribution in [1.82, 2.24) is 5.32 Å². The van der Waals surface area contributed by atoms with Gasteiger partial charge in [0, 0.05) is 28.8 Å². The van der Waals surface area contributed by atoms with Crippen molar-refractivity contribution < 1.29 is 38.1 Å². The van der Waals surface area contributed by atoms with E-state index in [-0.39, 0.29) is 18.8 Å². The molecule has 1 heterocycles. The second-order valence-corrected chi connectivity index (χ2v) is 11.0. The number of carbonyl (C=O) groups is 3. The molecule has 1 N–H and O–H groups in total. The number of hydrogen-bond acceptors (Lipinski definition) is 9. The van der Waals surface area contributed by atoms with Crippen LogP contribution in [0.25, 0.3) is 0 Å². The quantitative estimate of drug-likeness (QED) is 0.203. The first-order valence-electron chi connectivity index (χ1n) is 15.4. The Hall–Kier alpha value is -5.05. The van der Waals surface area contributed by atoms with Crippen LogP contribution in [0.4, 0.5) is 0 Å². The molecule has 0 saturated carbocycles. The van der Waals surface area contributed by atoms with Crippen molar-refractivity contribution in [1.29, 1.82) is 0 Å². The fraction of sp³-hybridized carbons (Fsp3) is 0.324. The van der Waals surface area contributed by atoms with E-state index in [1.54, 1.807) is 46.1 Å². The van der Waals surface area contributed by atoms with Crippen LogP contribution in [0.3, 0.4) is 0 Å². The van der Waals surface area contributed by atoms with Crippen molar-refractivity contribution in [3.05, 3.63) is 112 Å². The van der Waals surface area contributed by atoms with Crippen molar-refractivity contribution in [2.24, 2.45) is 5.92 Å². The molecule has 1 aliphatic carbocycles. The predicted octanol–water partition coefficient (Wildman–Crippen LogP) is 6.00. The molecule has 0 unspecified atom stereocenters. The Morgan fingerprint density at radius 1 is 0.848 bits per heavy atom. The average Bonchev–Trinajstić information content (AvgIpc) is 3.07. The average molecular weight is 626 g/mol. The monoisotopic (exact) mass is 625 g/mol. The van der Waals surface area contributed by atoms with E-state index in [1.807, 2.05) is 54.6 Å². The number of benzene rings is 3. The molecule has 0 fully saturated rings. The van der Waals surface area contributed by atoms with Gasteiger partial charge in [0.05, 0.1) is 33.0 Å². The minimum atomic E-state index is -1.16. The van der Waals surface area contributed by atoms with Crippen LogP contribution < -0.4 is 19.5 Å². The number of nitrogens with one attached hydrogen (secondary N) is 1. The highest BCUT2D eigenvalue weighted by Crippen LogP contribution is 2.50. The number of carbonyl (C=O) groups excluding carboxylic acids is 3. The number of dihydropyridines is 1. The van der Waals surface area contributed by atoms with Gasteiger partial charge in [-0.3, -0.25) is 9.59 Å². The summed E-state index contributed by atoms with van der Waals surface area (Å²) in [4.78, 5) is 41.8. The van der Waals surface area contributed by atoms with Gasteiger partial charge in [-0.2, -0.15) is 0 Å². The third-order valence-corrected chi connectivity index (χ3v) is 8.35. The zero-order chi connectivity index (χ0) is 32.8. The molecule has 2 aliphatic rings. The maximum atomic E-state index is 14.7. The highest BCUT2D eigenvalue weighted by Gasteiger charge is 2.49. The number of esters is 2. The number of ketones is 1. The van der Waals surface area contributed by atoms with Gasteiger partial charge in [-0.1, -0.05) is 54.6 Å². The van der Waals surface area contributed by atoms with Gasteiger partial charge in [0.15, 0.2) is 17.3 Å². The summed E-state index contributed by atoms with van der Waals surface area (Å²) in [5.74, 6) is -2.65. The van der Waals surface area contributed by atoms with Crippen LogP contribution in [0.15, 0.2) is 95.3 Å². The fourth-order valence-electron chi connectivity index (χ4n) is 6.33. The molecule has 0 bridgehead atoms. The zero-order valence-electron chi connectivity index (χ0n) is 26.8. The molecule has 0 radical (unpaired) electrons. The summed E-state index contributed by atoms with van der Waals surface area (Å²) in [6, 6.07) is 22.5. The van der Waals surface area contributed by atoms with Crippen LogP contribution in [0, 0.1) is 5.92 Å². The molecule has 0 spiro atoms. The lowest BCUT2D eigenvalue weighted by molar-refractivity contribution is -0.152. The fourth-order valence-corrected chi connectivity index (χ4v) is 6.33. The molecule has 9 nitrogen and oxygen atoms in total. The van der Waals surface area contributed by atoms with E-state index in [9.17, 15) is 14.4 Å². The third kappa shape index (κ3) is 6.36. The van der Waals surface area contributed by atoms with Crippen LogP contribution in [0.2, 0.25) is 0 Å². The molecule has 1 aliphatic heterocycles. The van der Waals surface area contributed by atoms with Gasteiger partial charge in [0.2, 0.25) is 0 Å². The Bertz CT molecular complexity index is 1680. The molecule has 3 aromatic rings. The minimum Gasteiger partial charge on any atom is -0.496 e. The minimum absolute atomic E-state index is 0.115. The van der Waals surface area contributed by atoms with Crippen molar-refractivity contribution >= 4 is 17.7 Å². The van der Waals surface area contributed by atoms with Crippen molar-refractivity contribution in [2.75, 3.05) is 27.4 Å². The van der Waals surface area contributed by atoms with Crippen LogP contribution in [0.1, 0.15) is 55.7 Å². The van der Waals surface area contributed by atoms with Gasteiger partial charge in [-0.15, -0.1) is 0 Å². The van der Waals surface area contributed by atoms with Gasteiger partial charge in [-0.05, 0) is 62.1 Å². The van der Waals surface area contributed by atoms with Crippen molar-refractivity contribution in [3.8, 4) is 17.2 Å². The molecule has 0 aromatic heterocycles. The van der Waals surface area contributed by atoms with Crippen LogP contribution >= 0.6 is 0 Å². The van der Waals surface area contributed by atoms with Gasteiger partial charge in [-0.25, -0.2) is 4.79 Å². The van der Waals surface area contributed by atoms with E-state index in [4.69, 9.17) is 23.7 Å². The van der Waals surface area contributed by atoms with E-state index >= 15 is 0 Å². The number of para-hydroxylation sites is 1. The number of methoxy groups -OCH3 is 2. The lowest BCUT2D eigenvalue weighted by atomic mass is 9.67. The van der Waals surface area contributed by atoms with Crippen LogP contribution in [-0.4, -0.2) is 45.2 Å². The second kappa shape index (κ2) is 14.4. The van der Waals surface area contributed by atoms with Crippen LogP contribution in [0.5, 0.6) is 17.2 Å². The van der Waals surface area contributed by atoms with E-state index in [0.29, 0.717) is 52.8 Å². The van der Waals surface area contributed by atoms with Gasteiger partial charge >= 0.3 is 11.9 Å². The Balaban J connectivity index is 1.63. The molecule has 0 amide bonds. The molecule has 240 valence electrons. The van der Waals surface area contributed by atoms with Gasteiger partial charge < -0.3 is 29.0 Å². The highest BCUT2D eigenvalue weighted by atomic mass is 16.5. The Kier molecular flexibility index (Phi) is 10.1. The number of allylic oxidation sites excluding steroid dienone is 3. The van der Waals surface area contributed by atoms with E-state index in [1.165, 1.54) is 7.11 Å². The number of hydrogen-bond donors (Lipinski definition) is 1. The molecular formula is C37H39NO8. The summed E-state index contributed by atoms with van der Waals surface area (Å²) in [5, 5.41) is 3.33. The SMILES string of the molecule is CCOC(=O)C1=C(C)NC2=C(C(=O)[C@H](C(=O)OCC)[C@H](c3ccccc3OC)C2)[C@H]1c1ccc(OCc2ccccc2)c(OC)c1. The first-order chi connectivity index (χ1) is 22.3. The van der Waals surface area contributed by atoms with Crippen molar-refractivity contribution in [2.45, 2.75) is 45.6 Å². The summed E-state index contributed by atoms with van der Waals surface area (Å²) in [5.41, 5.74) is 4.12. The molecule has 3 aromatic carbocycles. The zero-order valence-corrected chi connectivity index (χ0v) is 26.8. The molecule has 5 rings (SSSR count). The highest BCUT2D eigenvalue weighted by molar-refractivity contribution is 6.13. The maximum Gasteiger partial charge on any atom is 0.336 e. The predicted molar refractivity (Wildman–Crippen MR) is 171 cm³/mol. The maximum absolute atomic E-state index is 14.7. The second-order valence-electron chi connectivity index (χ2n) is 11.0. The van der Waals surface area contributed by atoms with Crippen LogP contribution in [-0.2, 0) is 30.5 Å². The Morgan fingerprint density at radius 3 is 2.24 bits per heavy atom. The summed E-state index contributed by atoms with van der Waals surface area (Å²) in [7, 11) is 3.09. The Labute approximate surface area is 269 Å². The van der Waals surface area contributed by atoms with E-state index in [2.05, 4.69) is 5.32 Å². The van der Waals surface area contributed by atoms with E-state index < -0.39 is 35.5 Å². The standard InChI is InChI=1S/C37H39NO8/c1-6-44-36(40)31-22(3)38-27-20-26(25-15-11-12-16-28(25)42-4)33(37(41)45-7-2)35(39)34(27)32(31)24-17-18-29(30(19-24)43-5)46-21-23-13-9-8-10-14-23/h8-19,26,32-33,38H,6-7,20-21H2,1-5H3/t26-,32-,33+/m0/s1. The van der Waals surface area contributed by atoms with Crippen molar-refractivity contribution in [3.63, 3.8) is 0 Å². The first-order valence-corrected chi connectivity index (χ1v) is 15.4. The van der Waals surface area contributed by atoms with Gasteiger partial charge in [0.1, 0.15) is 18.3 Å². The lowest BCUT2D eigenvalue weighted by Gasteiger charge is -2.39.